The highest BCUT2D eigenvalue weighted by molar-refractivity contribution is 9.10. The summed E-state index contributed by atoms with van der Waals surface area (Å²) in [7, 11) is 0. The van der Waals surface area contributed by atoms with Crippen molar-refractivity contribution in [3.8, 4) is 0 Å². The number of nitrogens with zero attached hydrogens (tertiary/aromatic N) is 6. The highest BCUT2D eigenvalue weighted by Crippen LogP contribution is 2.40. The predicted octanol–water partition coefficient (Wildman–Crippen LogP) is 4.23. The molecule has 1 aliphatic heterocycles. The molecule has 0 spiro atoms. The Labute approximate surface area is 204 Å². The third-order valence-corrected chi connectivity index (χ3v) is 7.07. The molecule has 0 aromatic carbocycles. The Kier molecular flexibility index (Phi) is 5.01. The van der Waals surface area contributed by atoms with E-state index in [0.717, 1.165) is 23.4 Å². The minimum atomic E-state index is -0.795. The molecule has 0 unspecified atom stereocenters. The second kappa shape index (κ2) is 8.08. The van der Waals surface area contributed by atoms with E-state index in [9.17, 15) is 4.79 Å². The topological polar surface area (TPSA) is 116 Å². The molecule has 2 fully saturated rings. The number of carbonyl (C=O) groups is 1. The van der Waals surface area contributed by atoms with E-state index in [2.05, 4.69) is 41.7 Å². The molecule has 1 saturated heterocycles. The zero-order valence-corrected chi connectivity index (χ0v) is 20.2. The average molecular weight is 522 g/mol. The van der Waals surface area contributed by atoms with Crippen LogP contribution in [0.15, 0.2) is 47.3 Å². The molecule has 2 aliphatic rings. The molecule has 10 nitrogen and oxygen atoms in total. The van der Waals surface area contributed by atoms with Gasteiger partial charge in [-0.25, -0.2) is 9.50 Å². The van der Waals surface area contributed by atoms with Crippen molar-refractivity contribution in [1.29, 1.82) is 0 Å². The lowest BCUT2D eigenvalue weighted by Gasteiger charge is -2.34. The summed E-state index contributed by atoms with van der Waals surface area (Å²) in [6.45, 7) is 2.62. The molecule has 4 aromatic heterocycles. The lowest BCUT2D eigenvalue weighted by Crippen LogP contribution is -2.51. The molecule has 11 heteroatoms. The first-order chi connectivity index (χ1) is 16.5. The number of halogens is 1. The molecule has 5 heterocycles. The maximum atomic E-state index is 13.4. The van der Waals surface area contributed by atoms with E-state index in [0.29, 0.717) is 40.9 Å². The Bertz CT molecular complexity index is 1360. The number of hydrogen-bond donors (Lipinski definition) is 3. The number of amides is 1. The quantitative estimate of drug-likeness (QED) is 0.325. The van der Waals surface area contributed by atoms with Gasteiger partial charge in [0.15, 0.2) is 11.6 Å². The SMILES string of the molecule is C[C@@]1(C(=O)Nc2ccc(Br)nc2)CCCN1c1nc(Nc2cc(C3CC3)[nH]n2)c2cccn2n1. The Morgan fingerprint density at radius 3 is 2.97 bits per heavy atom. The van der Waals surface area contributed by atoms with Gasteiger partial charge < -0.3 is 15.5 Å². The van der Waals surface area contributed by atoms with E-state index in [1.54, 1.807) is 16.8 Å². The molecule has 0 radical (unpaired) electrons. The van der Waals surface area contributed by atoms with E-state index in [1.165, 1.54) is 12.8 Å². The van der Waals surface area contributed by atoms with Gasteiger partial charge in [-0.3, -0.25) is 9.89 Å². The molecule has 174 valence electrons. The fourth-order valence-electron chi connectivity index (χ4n) is 4.49. The van der Waals surface area contributed by atoms with Crippen molar-refractivity contribution in [2.75, 3.05) is 22.1 Å². The number of nitrogens with one attached hydrogen (secondary N) is 3. The summed E-state index contributed by atoms with van der Waals surface area (Å²) >= 11 is 3.32. The van der Waals surface area contributed by atoms with Gasteiger partial charge in [-0.1, -0.05) is 0 Å². The normalized spacial score (nSPS) is 20.1. The first-order valence-corrected chi connectivity index (χ1v) is 12.2. The van der Waals surface area contributed by atoms with E-state index in [1.807, 2.05) is 42.3 Å². The van der Waals surface area contributed by atoms with Crippen LogP contribution in [0, 0.1) is 0 Å². The lowest BCUT2D eigenvalue weighted by atomic mass is 9.98. The summed E-state index contributed by atoms with van der Waals surface area (Å²) in [6.07, 6.45) is 7.48. The third kappa shape index (κ3) is 3.79. The third-order valence-electron chi connectivity index (χ3n) is 6.60. The van der Waals surface area contributed by atoms with Crippen LogP contribution in [0.4, 0.5) is 23.3 Å². The van der Waals surface area contributed by atoms with Gasteiger partial charge in [-0.2, -0.15) is 10.1 Å². The van der Waals surface area contributed by atoms with Gasteiger partial charge >= 0.3 is 0 Å². The summed E-state index contributed by atoms with van der Waals surface area (Å²) in [5, 5.41) is 18.6. The Morgan fingerprint density at radius 2 is 2.18 bits per heavy atom. The van der Waals surface area contributed by atoms with Crippen LogP contribution in [0.1, 0.15) is 44.2 Å². The van der Waals surface area contributed by atoms with E-state index >= 15 is 0 Å². The van der Waals surface area contributed by atoms with Crippen LogP contribution < -0.4 is 15.5 Å². The first-order valence-electron chi connectivity index (χ1n) is 11.4. The summed E-state index contributed by atoms with van der Waals surface area (Å²) < 4.78 is 2.50. The number of rotatable bonds is 6. The van der Waals surface area contributed by atoms with Gasteiger partial charge in [0.05, 0.1) is 11.9 Å². The van der Waals surface area contributed by atoms with Crippen molar-refractivity contribution < 1.29 is 4.79 Å². The second-order valence-electron chi connectivity index (χ2n) is 9.06. The molecule has 3 N–H and O–H groups in total. The molecule has 4 aromatic rings. The van der Waals surface area contributed by atoms with Crippen molar-refractivity contribution in [2.24, 2.45) is 0 Å². The summed E-state index contributed by atoms with van der Waals surface area (Å²) in [5.41, 5.74) is 1.84. The first kappa shape index (κ1) is 21.1. The van der Waals surface area contributed by atoms with Gasteiger partial charge in [0.1, 0.15) is 15.7 Å². The maximum Gasteiger partial charge on any atom is 0.250 e. The number of pyridine rings is 1. The molecule has 1 amide bonds. The number of hydrogen-bond acceptors (Lipinski definition) is 7. The van der Waals surface area contributed by atoms with Gasteiger partial charge in [0, 0.05) is 30.4 Å². The highest BCUT2D eigenvalue weighted by Gasteiger charge is 2.45. The number of aromatic amines is 1. The Balaban J connectivity index is 1.31. The van der Waals surface area contributed by atoms with E-state index < -0.39 is 5.54 Å². The number of aromatic nitrogens is 6. The lowest BCUT2D eigenvalue weighted by molar-refractivity contribution is -0.120. The van der Waals surface area contributed by atoms with Crippen LogP contribution in [0.3, 0.4) is 0 Å². The fourth-order valence-corrected chi connectivity index (χ4v) is 4.72. The molecule has 1 aliphatic carbocycles. The van der Waals surface area contributed by atoms with Crippen molar-refractivity contribution >= 4 is 50.6 Å². The van der Waals surface area contributed by atoms with Crippen molar-refractivity contribution in [1.82, 2.24) is 29.8 Å². The van der Waals surface area contributed by atoms with Crippen molar-refractivity contribution in [3.63, 3.8) is 0 Å². The largest absolute Gasteiger partial charge is 0.325 e. The summed E-state index contributed by atoms with van der Waals surface area (Å²) in [5.74, 6) is 2.34. The molecule has 0 bridgehead atoms. The van der Waals surface area contributed by atoms with Gasteiger partial charge in [0.2, 0.25) is 11.9 Å². The van der Waals surface area contributed by atoms with Crippen molar-refractivity contribution in [3.05, 3.63) is 53.0 Å². The van der Waals surface area contributed by atoms with Gasteiger partial charge in [-0.05, 0) is 72.8 Å². The molecular formula is C23H24BrN9O. The molecule has 1 atom stereocenters. The van der Waals surface area contributed by atoms with Crippen LogP contribution in [-0.2, 0) is 4.79 Å². The minimum absolute atomic E-state index is 0.110. The zero-order chi connectivity index (χ0) is 23.3. The molecule has 1 saturated carbocycles. The Hall–Kier alpha value is -3.47. The van der Waals surface area contributed by atoms with Crippen molar-refractivity contribution in [2.45, 2.75) is 44.1 Å². The number of fused-ring (bicyclic) bond motifs is 1. The average Bonchev–Trinajstić information content (AvgIpc) is 3.20. The summed E-state index contributed by atoms with van der Waals surface area (Å²) in [4.78, 5) is 24.4. The smallest absolute Gasteiger partial charge is 0.250 e. The van der Waals surface area contributed by atoms with Gasteiger partial charge in [0.25, 0.3) is 0 Å². The zero-order valence-electron chi connectivity index (χ0n) is 18.6. The molecule has 34 heavy (non-hydrogen) atoms. The second-order valence-corrected chi connectivity index (χ2v) is 9.87. The van der Waals surface area contributed by atoms with Crippen LogP contribution in [0.25, 0.3) is 5.52 Å². The van der Waals surface area contributed by atoms with E-state index in [4.69, 9.17) is 10.1 Å². The molecule has 6 rings (SSSR count). The highest BCUT2D eigenvalue weighted by atomic mass is 79.9. The number of H-pyrrole nitrogens is 1. The number of anilines is 4. The minimum Gasteiger partial charge on any atom is -0.325 e. The van der Waals surface area contributed by atoms with E-state index in [-0.39, 0.29) is 5.91 Å². The van der Waals surface area contributed by atoms with Crippen LogP contribution in [-0.4, -0.2) is 47.8 Å². The maximum absolute atomic E-state index is 13.4. The Morgan fingerprint density at radius 1 is 1.29 bits per heavy atom. The van der Waals surface area contributed by atoms with Crippen LogP contribution in [0.5, 0.6) is 0 Å². The summed E-state index contributed by atoms with van der Waals surface area (Å²) in [6, 6.07) is 9.54. The fraction of sp³-hybridized carbons (Fsp3) is 0.348. The number of carbonyl (C=O) groups excluding carboxylic acids is 1. The van der Waals surface area contributed by atoms with Crippen LogP contribution >= 0.6 is 15.9 Å². The molecular weight excluding hydrogens is 498 g/mol. The van der Waals surface area contributed by atoms with Gasteiger partial charge in [-0.15, -0.1) is 5.10 Å². The van der Waals surface area contributed by atoms with Crippen LogP contribution in [0.2, 0.25) is 0 Å². The standard InChI is InChI=1S/C23H24BrN9O/c1-23(21(34)26-15-7-8-18(24)25-13-15)9-3-10-32(23)22-28-20(17-4-2-11-33(17)31-22)27-19-12-16(29-30-19)14-5-6-14/h2,4,7-8,11-14H,3,5-6,9-10H2,1H3,(H,26,34)(H2,27,28,29,30,31)/t23-/m0/s1. The predicted molar refractivity (Wildman–Crippen MR) is 132 cm³/mol. The monoisotopic (exact) mass is 521 g/mol.